The Bertz CT molecular complexity index is 961. The number of H-pyrrole nitrogens is 1. The van der Waals surface area contributed by atoms with E-state index in [-0.39, 0.29) is 0 Å². The first-order valence-electron chi connectivity index (χ1n) is 13.7. The first kappa shape index (κ1) is 31.1. The summed E-state index contributed by atoms with van der Waals surface area (Å²) in [5, 5.41) is 30.8. The highest BCUT2D eigenvalue weighted by Crippen LogP contribution is 2.30. The Labute approximate surface area is 217 Å². The van der Waals surface area contributed by atoms with Gasteiger partial charge in [0.25, 0.3) is 5.56 Å². The van der Waals surface area contributed by atoms with E-state index in [0.717, 1.165) is 19.3 Å². The van der Waals surface area contributed by atoms with Crippen LogP contribution in [0.4, 0.5) is 4.39 Å². The molecular formula is C27H43FN2O7. The van der Waals surface area contributed by atoms with Crippen molar-refractivity contribution >= 4 is 5.78 Å². The van der Waals surface area contributed by atoms with Crippen molar-refractivity contribution in [2.45, 2.75) is 127 Å². The first-order chi connectivity index (χ1) is 17.8. The molecule has 210 valence electrons. The minimum Gasteiger partial charge on any atom is -0.387 e. The minimum atomic E-state index is -1.79. The Morgan fingerprint density at radius 3 is 2.11 bits per heavy atom. The third-order valence-corrected chi connectivity index (χ3v) is 6.83. The monoisotopic (exact) mass is 526 g/mol. The number of aliphatic hydroxyl groups excluding tert-OH is 3. The second-order valence-electron chi connectivity index (χ2n) is 9.90. The average Bonchev–Trinajstić information content (AvgIpc) is 3.17. The topological polar surface area (TPSA) is 142 Å². The van der Waals surface area contributed by atoms with Crippen molar-refractivity contribution in [2.75, 3.05) is 0 Å². The Morgan fingerprint density at radius 1 is 1.00 bits per heavy atom. The fourth-order valence-electron chi connectivity index (χ4n) is 4.57. The van der Waals surface area contributed by atoms with Crippen LogP contribution in [-0.2, 0) is 9.53 Å². The van der Waals surface area contributed by atoms with Crippen LogP contribution in [0.15, 0.2) is 27.9 Å². The van der Waals surface area contributed by atoms with Crippen LogP contribution in [-0.4, -0.2) is 55.1 Å². The SMILES string of the molecule is CCCCCCCCCCCCCCCC=CC(=O)C(O)[C@H]1O[C@@H](n2cc(F)c(=O)[nH]c2=O)[C@H](O)[C@@H]1O. The van der Waals surface area contributed by atoms with Gasteiger partial charge in [-0.3, -0.25) is 19.1 Å². The molecule has 2 rings (SSSR count). The summed E-state index contributed by atoms with van der Waals surface area (Å²) in [5.41, 5.74) is -2.31. The molecule has 1 saturated heterocycles. The summed E-state index contributed by atoms with van der Waals surface area (Å²) in [5.74, 6) is -2.01. The summed E-state index contributed by atoms with van der Waals surface area (Å²) in [4.78, 5) is 37.2. The number of ketones is 1. The molecule has 1 aliphatic rings. The molecular weight excluding hydrogens is 483 g/mol. The average molecular weight is 527 g/mol. The molecule has 1 aromatic rings. The van der Waals surface area contributed by atoms with Gasteiger partial charge in [0, 0.05) is 0 Å². The molecule has 0 spiro atoms. The lowest BCUT2D eigenvalue weighted by atomic mass is 10.0. The van der Waals surface area contributed by atoms with Crippen molar-refractivity contribution in [3.05, 3.63) is 45.0 Å². The van der Waals surface area contributed by atoms with Crippen molar-refractivity contribution < 1.29 is 29.2 Å². The maximum Gasteiger partial charge on any atom is 0.330 e. The number of carbonyl (C=O) groups is 1. The number of hydrogen-bond acceptors (Lipinski definition) is 7. The number of nitrogens with zero attached hydrogens (tertiary/aromatic N) is 1. The molecule has 9 nitrogen and oxygen atoms in total. The Balaban J connectivity index is 1.64. The van der Waals surface area contributed by atoms with Crippen molar-refractivity contribution in [3.8, 4) is 0 Å². The van der Waals surface area contributed by atoms with E-state index in [9.17, 15) is 34.1 Å². The normalized spacial score (nSPS) is 22.6. The van der Waals surface area contributed by atoms with E-state index in [1.54, 1.807) is 11.1 Å². The molecule has 2 heterocycles. The smallest absolute Gasteiger partial charge is 0.330 e. The molecule has 0 bridgehead atoms. The van der Waals surface area contributed by atoms with Gasteiger partial charge in [-0.05, 0) is 18.9 Å². The second-order valence-corrected chi connectivity index (χ2v) is 9.90. The predicted octanol–water partition coefficient (Wildman–Crippen LogP) is 3.26. The summed E-state index contributed by atoms with van der Waals surface area (Å²) in [6.07, 6.45) is 11.9. The highest BCUT2D eigenvalue weighted by Gasteiger charge is 2.48. The van der Waals surface area contributed by atoms with Gasteiger partial charge in [0.15, 0.2) is 12.0 Å². The van der Waals surface area contributed by atoms with Gasteiger partial charge in [0.05, 0.1) is 6.20 Å². The van der Waals surface area contributed by atoms with E-state index in [4.69, 9.17) is 4.74 Å². The number of rotatable bonds is 18. The van der Waals surface area contributed by atoms with Gasteiger partial charge in [-0.2, -0.15) is 4.39 Å². The van der Waals surface area contributed by atoms with Crippen LogP contribution in [0.5, 0.6) is 0 Å². The van der Waals surface area contributed by atoms with Gasteiger partial charge in [-0.25, -0.2) is 4.79 Å². The van der Waals surface area contributed by atoms with Crippen LogP contribution in [0.25, 0.3) is 0 Å². The number of ether oxygens (including phenoxy) is 1. The van der Waals surface area contributed by atoms with Crippen molar-refractivity contribution in [1.82, 2.24) is 9.55 Å². The summed E-state index contributed by atoms with van der Waals surface area (Å²) in [6.45, 7) is 2.23. The zero-order valence-corrected chi connectivity index (χ0v) is 21.8. The van der Waals surface area contributed by atoms with Gasteiger partial charge in [-0.15, -0.1) is 0 Å². The fraction of sp³-hybridized carbons (Fsp3) is 0.741. The Morgan fingerprint density at radius 2 is 1.54 bits per heavy atom. The summed E-state index contributed by atoms with van der Waals surface area (Å²) in [7, 11) is 0. The number of aromatic nitrogens is 2. The van der Waals surface area contributed by atoms with Crippen LogP contribution in [0, 0.1) is 5.82 Å². The lowest BCUT2D eigenvalue weighted by molar-refractivity contribution is -0.136. The molecule has 10 heteroatoms. The molecule has 0 aliphatic carbocycles. The molecule has 37 heavy (non-hydrogen) atoms. The molecule has 1 unspecified atom stereocenters. The Kier molecular flexibility index (Phi) is 14.0. The van der Waals surface area contributed by atoms with Crippen LogP contribution in [0.3, 0.4) is 0 Å². The highest BCUT2D eigenvalue weighted by atomic mass is 19.1. The van der Waals surface area contributed by atoms with Crippen LogP contribution in [0.2, 0.25) is 0 Å². The molecule has 0 radical (unpaired) electrons. The third-order valence-electron chi connectivity index (χ3n) is 6.83. The number of nitrogens with one attached hydrogen (secondary N) is 1. The first-order valence-corrected chi connectivity index (χ1v) is 13.7. The zero-order chi connectivity index (χ0) is 27.2. The summed E-state index contributed by atoms with van der Waals surface area (Å²) < 4.78 is 19.5. The molecule has 4 N–H and O–H groups in total. The second kappa shape index (κ2) is 16.7. The standard InChI is InChI=1S/C27H43FN2O7/c1-2-3-4-5-6-7-8-9-10-11-12-13-14-15-16-17-20(31)21(32)24-22(33)23(34)26(37-24)30-18-19(28)25(35)29-27(30)36/h16-18,21-24,26,32-34H,2-15H2,1H3,(H,29,35,36)/t21?,22-,23+,24+,26+/m0/s1. The number of carbonyl (C=O) groups excluding carboxylic acids is 1. The number of allylic oxidation sites excluding steroid dienone is 1. The van der Waals surface area contributed by atoms with E-state index in [1.807, 2.05) is 0 Å². The number of hydrogen-bond donors (Lipinski definition) is 4. The molecule has 1 aliphatic heterocycles. The maximum atomic E-state index is 13.6. The van der Waals surface area contributed by atoms with Gasteiger partial charge in [0.2, 0.25) is 5.82 Å². The van der Waals surface area contributed by atoms with Crippen LogP contribution >= 0.6 is 0 Å². The zero-order valence-electron chi connectivity index (χ0n) is 21.8. The maximum absolute atomic E-state index is 13.6. The quantitative estimate of drug-likeness (QED) is 0.170. The van der Waals surface area contributed by atoms with Crippen molar-refractivity contribution in [2.24, 2.45) is 0 Å². The number of aliphatic hydroxyl groups is 3. The molecule has 0 amide bonds. The number of halogens is 1. The van der Waals surface area contributed by atoms with Crippen molar-refractivity contribution in [3.63, 3.8) is 0 Å². The molecule has 1 fully saturated rings. The van der Waals surface area contributed by atoms with Gasteiger partial charge >= 0.3 is 5.69 Å². The van der Waals surface area contributed by atoms with E-state index in [0.29, 0.717) is 17.2 Å². The fourth-order valence-corrected chi connectivity index (χ4v) is 4.57. The lowest BCUT2D eigenvalue weighted by Crippen LogP contribution is -2.42. The minimum absolute atomic E-state index is 0.536. The summed E-state index contributed by atoms with van der Waals surface area (Å²) in [6, 6.07) is 0. The molecule has 0 aromatic carbocycles. The Hall–Kier alpha value is -2.14. The molecule has 1 aromatic heterocycles. The van der Waals surface area contributed by atoms with Gasteiger partial charge in [0.1, 0.15) is 24.4 Å². The van der Waals surface area contributed by atoms with Crippen molar-refractivity contribution in [1.29, 1.82) is 0 Å². The van der Waals surface area contributed by atoms with Crippen LogP contribution in [0.1, 0.15) is 103 Å². The van der Waals surface area contributed by atoms with E-state index in [2.05, 4.69) is 6.92 Å². The predicted molar refractivity (Wildman–Crippen MR) is 138 cm³/mol. The van der Waals surface area contributed by atoms with E-state index >= 15 is 0 Å². The van der Waals surface area contributed by atoms with Crippen LogP contribution < -0.4 is 11.2 Å². The van der Waals surface area contributed by atoms with Gasteiger partial charge in [-0.1, -0.05) is 90.0 Å². The van der Waals surface area contributed by atoms with Gasteiger partial charge < -0.3 is 20.1 Å². The highest BCUT2D eigenvalue weighted by molar-refractivity contribution is 5.93. The van der Waals surface area contributed by atoms with E-state index in [1.165, 1.54) is 70.3 Å². The van der Waals surface area contributed by atoms with E-state index < -0.39 is 53.5 Å². The molecule has 5 atom stereocenters. The summed E-state index contributed by atoms with van der Waals surface area (Å²) >= 11 is 0. The number of unbranched alkanes of at least 4 members (excludes halogenated alkanes) is 13. The third kappa shape index (κ3) is 9.92. The lowest BCUT2D eigenvalue weighted by Gasteiger charge is -2.19. The largest absolute Gasteiger partial charge is 0.387 e. The molecule has 0 saturated carbocycles. The number of aromatic amines is 1.